The molecule has 6 heteroatoms. The highest BCUT2D eigenvalue weighted by Gasteiger charge is 2.35. The van der Waals surface area contributed by atoms with Crippen LogP contribution in [0.3, 0.4) is 0 Å². The van der Waals surface area contributed by atoms with Gasteiger partial charge in [0, 0.05) is 32.8 Å². The lowest BCUT2D eigenvalue weighted by Crippen LogP contribution is -2.50. The lowest BCUT2D eigenvalue weighted by Gasteiger charge is -2.41. The Balaban J connectivity index is 1.45. The Kier molecular flexibility index (Phi) is 6.94. The molecule has 28 heavy (non-hydrogen) atoms. The van der Waals surface area contributed by atoms with E-state index in [1.165, 1.54) is 0 Å². The molecule has 0 radical (unpaired) electrons. The lowest BCUT2D eigenvalue weighted by atomic mass is 9.81. The van der Waals surface area contributed by atoms with Crippen LogP contribution in [0.25, 0.3) is 0 Å². The summed E-state index contributed by atoms with van der Waals surface area (Å²) in [5.74, 6) is 0.881. The third-order valence-corrected chi connectivity index (χ3v) is 6.12. The quantitative estimate of drug-likeness (QED) is 0.812. The summed E-state index contributed by atoms with van der Waals surface area (Å²) in [6, 6.07) is 9.49. The number of benzene rings is 1. The van der Waals surface area contributed by atoms with Crippen LogP contribution in [-0.4, -0.2) is 66.1 Å². The fourth-order valence-corrected chi connectivity index (χ4v) is 4.02. The zero-order chi connectivity index (χ0) is 20.0. The van der Waals surface area contributed by atoms with Crippen molar-refractivity contribution in [2.75, 3.05) is 39.4 Å². The third kappa shape index (κ3) is 5.25. The van der Waals surface area contributed by atoms with Crippen molar-refractivity contribution >= 4 is 11.8 Å². The average Bonchev–Trinajstić information content (AvgIpc) is 2.74. The lowest BCUT2D eigenvalue weighted by molar-refractivity contribution is -0.143. The molecule has 0 saturated carbocycles. The highest BCUT2D eigenvalue weighted by Crippen LogP contribution is 2.31. The minimum absolute atomic E-state index is 0.0555. The van der Waals surface area contributed by atoms with Crippen molar-refractivity contribution in [3.8, 4) is 5.75 Å². The topological polar surface area (TPSA) is 70.1 Å². The maximum atomic E-state index is 12.9. The number of para-hydroxylation sites is 1. The monoisotopic (exact) mass is 388 g/mol. The number of carbonyl (C=O) groups is 2. The number of ether oxygens (including phenoxy) is 1. The molecule has 154 valence electrons. The van der Waals surface area contributed by atoms with Gasteiger partial charge in [-0.05, 0) is 43.2 Å². The second kappa shape index (κ2) is 9.41. The van der Waals surface area contributed by atoms with Gasteiger partial charge in [0.25, 0.3) is 0 Å². The molecule has 2 amide bonds. The molecule has 2 heterocycles. The summed E-state index contributed by atoms with van der Waals surface area (Å²) in [5.41, 5.74) is -0.0654. The number of hydrogen-bond donors (Lipinski definition) is 1. The summed E-state index contributed by atoms with van der Waals surface area (Å²) < 4.78 is 5.62. The van der Waals surface area contributed by atoms with Crippen molar-refractivity contribution in [3.05, 3.63) is 30.3 Å². The first-order chi connectivity index (χ1) is 13.5. The molecule has 3 rings (SSSR count). The second-order valence-corrected chi connectivity index (χ2v) is 8.38. The van der Waals surface area contributed by atoms with Gasteiger partial charge in [-0.3, -0.25) is 9.59 Å². The summed E-state index contributed by atoms with van der Waals surface area (Å²) in [5, 5.41) is 9.51. The number of nitrogens with zero attached hydrogens (tertiary/aromatic N) is 2. The van der Waals surface area contributed by atoms with Crippen LogP contribution in [0.5, 0.6) is 5.75 Å². The highest BCUT2D eigenvalue weighted by molar-refractivity contribution is 5.81. The molecule has 0 aliphatic carbocycles. The van der Waals surface area contributed by atoms with Crippen molar-refractivity contribution in [3.63, 3.8) is 0 Å². The number of hydrogen-bond acceptors (Lipinski definition) is 4. The molecule has 1 N–H and O–H groups in total. The second-order valence-electron chi connectivity index (χ2n) is 8.38. The predicted octanol–water partition coefficient (Wildman–Crippen LogP) is 2.32. The van der Waals surface area contributed by atoms with Crippen LogP contribution >= 0.6 is 0 Å². The van der Waals surface area contributed by atoms with Gasteiger partial charge in [0.1, 0.15) is 5.75 Å². The van der Waals surface area contributed by atoms with Crippen LogP contribution in [-0.2, 0) is 9.59 Å². The number of aliphatic hydroxyl groups excluding tert-OH is 1. The maximum absolute atomic E-state index is 12.9. The first-order valence-electron chi connectivity index (χ1n) is 10.4. The first kappa shape index (κ1) is 20.6. The molecule has 2 aliphatic rings. The number of carbonyl (C=O) groups excluding carboxylic acids is 2. The highest BCUT2D eigenvalue weighted by atomic mass is 16.5. The van der Waals surface area contributed by atoms with E-state index in [2.05, 4.69) is 6.92 Å². The molecule has 1 aromatic rings. The van der Waals surface area contributed by atoms with Crippen molar-refractivity contribution in [2.24, 2.45) is 11.3 Å². The Morgan fingerprint density at radius 3 is 2.54 bits per heavy atom. The van der Waals surface area contributed by atoms with Gasteiger partial charge in [-0.1, -0.05) is 25.1 Å². The van der Waals surface area contributed by atoms with E-state index < -0.39 is 0 Å². The zero-order valence-electron chi connectivity index (χ0n) is 16.8. The summed E-state index contributed by atoms with van der Waals surface area (Å²) in [6.45, 7) is 5.23. The summed E-state index contributed by atoms with van der Waals surface area (Å²) >= 11 is 0. The van der Waals surface area contributed by atoms with E-state index in [0.29, 0.717) is 32.7 Å². The fraction of sp³-hybridized carbons (Fsp3) is 0.636. The van der Waals surface area contributed by atoms with Crippen molar-refractivity contribution in [2.45, 2.75) is 39.0 Å². The SMILES string of the molecule is CC1(CO)CCN(C(=O)C2CCCN(C(=O)CCOc3ccccc3)C2)CC1. The van der Waals surface area contributed by atoms with E-state index in [4.69, 9.17) is 4.74 Å². The minimum atomic E-state index is -0.105. The van der Waals surface area contributed by atoms with Gasteiger partial charge in [0.2, 0.25) is 11.8 Å². The molecule has 0 spiro atoms. The number of amides is 2. The molecule has 2 saturated heterocycles. The van der Waals surface area contributed by atoms with Gasteiger partial charge in [0.15, 0.2) is 0 Å². The molecule has 0 bridgehead atoms. The molecule has 2 aliphatic heterocycles. The van der Waals surface area contributed by atoms with E-state index in [9.17, 15) is 14.7 Å². The van der Waals surface area contributed by atoms with Gasteiger partial charge < -0.3 is 19.6 Å². The minimum Gasteiger partial charge on any atom is -0.493 e. The molecule has 2 fully saturated rings. The van der Waals surface area contributed by atoms with Crippen LogP contribution in [0.15, 0.2) is 30.3 Å². The van der Waals surface area contributed by atoms with E-state index >= 15 is 0 Å². The van der Waals surface area contributed by atoms with Crippen LogP contribution in [0.4, 0.5) is 0 Å². The van der Waals surface area contributed by atoms with Gasteiger partial charge in [0.05, 0.1) is 18.9 Å². The van der Waals surface area contributed by atoms with Crippen molar-refractivity contribution in [1.29, 1.82) is 0 Å². The largest absolute Gasteiger partial charge is 0.493 e. The van der Waals surface area contributed by atoms with Gasteiger partial charge >= 0.3 is 0 Å². The molecular formula is C22H32N2O4. The summed E-state index contributed by atoms with van der Waals surface area (Å²) in [4.78, 5) is 29.2. The Bertz CT molecular complexity index is 656. The smallest absolute Gasteiger partial charge is 0.227 e. The van der Waals surface area contributed by atoms with E-state index in [-0.39, 0.29) is 29.8 Å². The Morgan fingerprint density at radius 1 is 1.14 bits per heavy atom. The van der Waals surface area contributed by atoms with Crippen LogP contribution in [0, 0.1) is 11.3 Å². The van der Waals surface area contributed by atoms with E-state index in [1.54, 1.807) is 0 Å². The number of rotatable bonds is 6. The molecule has 0 aromatic heterocycles. The molecule has 1 atom stereocenters. The number of aliphatic hydroxyl groups is 1. The molecule has 6 nitrogen and oxygen atoms in total. The maximum Gasteiger partial charge on any atom is 0.227 e. The van der Waals surface area contributed by atoms with Crippen LogP contribution in [0.1, 0.15) is 39.0 Å². The standard InChI is InChI=1S/C22H32N2O4/c1-22(17-25)10-13-23(14-11-22)21(27)18-6-5-12-24(16-18)20(26)9-15-28-19-7-3-2-4-8-19/h2-4,7-8,18,25H,5-6,9-17H2,1H3. The molecule has 1 aromatic carbocycles. The van der Waals surface area contributed by atoms with Crippen LogP contribution < -0.4 is 4.74 Å². The fourth-order valence-electron chi connectivity index (χ4n) is 4.02. The zero-order valence-corrected chi connectivity index (χ0v) is 16.8. The number of piperidine rings is 2. The van der Waals surface area contributed by atoms with Crippen molar-refractivity contribution < 1.29 is 19.4 Å². The van der Waals surface area contributed by atoms with Gasteiger partial charge in [-0.15, -0.1) is 0 Å². The Hall–Kier alpha value is -2.08. The molecular weight excluding hydrogens is 356 g/mol. The Labute approximate surface area is 167 Å². The molecule has 1 unspecified atom stereocenters. The summed E-state index contributed by atoms with van der Waals surface area (Å²) in [7, 11) is 0. The van der Waals surface area contributed by atoms with E-state index in [0.717, 1.165) is 38.0 Å². The van der Waals surface area contributed by atoms with Crippen molar-refractivity contribution in [1.82, 2.24) is 9.80 Å². The summed E-state index contributed by atoms with van der Waals surface area (Å²) in [6.07, 6.45) is 3.71. The predicted molar refractivity (Wildman–Crippen MR) is 107 cm³/mol. The third-order valence-electron chi connectivity index (χ3n) is 6.12. The van der Waals surface area contributed by atoms with Crippen LogP contribution in [0.2, 0.25) is 0 Å². The average molecular weight is 389 g/mol. The Morgan fingerprint density at radius 2 is 1.86 bits per heavy atom. The van der Waals surface area contributed by atoms with Gasteiger partial charge in [-0.2, -0.15) is 0 Å². The van der Waals surface area contributed by atoms with E-state index in [1.807, 2.05) is 40.1 Å². The first-order valence-corrected chi connectivity index (χ1v) is 10.4. The van der Waals surface area contributed by atoms with Gasteiger partial charge in [-0.25, -0.2) is 0 Å². The normalized spacial score (nSPS) is 22.0. The number of likely N-dealkylation sites (tertiary alicyclic amines) is 2.